The lowest BCUT2D eigenvalue weighted by Gasteiger charge is -2.20. The summed E-state index contributed by atoms with van der Waals surface area (Å²) >= 11 is 0. The molecule has 7 heteroatoms. The molecule has 1 atom stereocenters. The van der Waals surface area contributed by atoms with Crippen molar-refractivity contribution < 1.29 is 19.1 Å². The Kier molecular flexibility index (Phi) is 10.6. The lowest BCUT2D eigenvalue weighted by Crippen LogP contribution is -2.44. The SMILES string of the molecule is CCCC[C@H](CNC(=O)OCc1ccccc1)NC(=O)OCC[Si](C)(C)C. The van der Waals surface area contributed by atoms with Gasteiger partial charge in [0.25, 0.3) is 0 Å². The molecule has 0 radical (unpaired) electrons. The van der Waals surface area contributed by atoms with Crippen molar-refractivity contribution in [3.63, 3.8) is 0 Å². The maximum Gasteiger partial charge on any atom is 0.407 e. The fourth-order valence-corrected chi connectivity index (χ4v) is 3.03. The maximum atomic E-state index is 12.0. The second-order valence-electron chi connectivity index (χ2n) is 7.87. The van der Waals surface area contributed by atoms with Gasteiger partial charge >= 0.3 is 12.2 Å². The van der Waals surface area contributed by atoms with Gasteiger partial charge in [-0.3, -0.25) is 0 Å². The van der Waals surface area contributed by atoms with Gasteiger partial charge in [0.1, 0.15) is 6.61 Å². The summed E-state index contributed by atoms with van der Waals surface area (Å²) in [5.74, 6) is 0. The van der Waals surface area contributed by atoms with Crippen LogP contribution in [0.2, 0.25) is 25.7 Å². The zero-order valence-electron chi connectivity index (χ0n) is 17.0. The van der Waals surface area contributed by atoms with E-state index in [1.54, 1.807) is 0 Å². The van der Waals surface area contributed by atoms with Gasteiger partial charge in [0, 0.05) is 20.7 Å². The van der Waals surface area contributed by atoms with Crippen LogP contribution in [0.1, 0.15) is 31.7 Å². The van der Waals surface area contributed by atoms with Gasteiger partial charge in [-0.05, 0) is 18.0 Å². The number of nitrogens with one attached hydrogen (secondary N) is 2. The van der Waals surface area contributed by atoms with E-state index in [9.17, 15) is 9.59 Å². The highest BCUT2D eigenvalue weighted by molar-refractivity contribution is 6.76. The second-order valence-corrected chi connectivity index (χ2v) is 13.5. The van der Waals surface area contributed by atoms with Crippen molar-refractivity contribution in [1.29, 1.82) is 0 Å². The first-order chi connectivity index (χ1) is 12.8. The first kappa shape index (κ1) is 23.0. The quantitative estimate of drug-likeness (QED) is 0.540. The van der Waals surface area contributed by atoms with Gasteiger partial charge in [-0.15, -0.1) is 0 Å². The average molecular weight is 395 g/mol. The molecule has 1 aromatic rings. The van der Waals surface area contributed by atoms with E-state index in [0.29, 0.717) is 13.2 Å². The Morgan fingerprint density at radius 2 is 1.78 bits per heavy atom. The maximum absolute atomic E-state index is 12.0. The van der Waals surface area contributed by atoms with Crippen LogP contribution in [0.3, 0.4) is 0 Å². The number of rotatable bonds is 11. The smallest absolute Gasteiger partial charge is 0.407 e. The van der Waals surface area contributed by atoms with Crippen LogP contribution in [0, 0.1) is 0 Å². The molecule has 2 amide bonds. The summed E-state index contributed by atoms with van der Waals surface area (Å²) in [4.78, 5) is 23.9. The van der Waals surface area contributed by atoms with Crippen molar-refractivity contribution in [2.75, 3.05) is 13.2 Å². The van der Waals surface area contributed by atoms with Crippen molar-refractivity contribution in [2.24, 2.45) is 0 Å². The number of hydrogen-bond donors (Lipinski definition) is 2. The number of hydrogen-bond acceptors (Lipinski definition) is 4. The van der Waals surface area contributed by atoms with E-state index in [2.05, 4.69) is 37.2 Å². The van der Waals surface area contributed by atoms with E-state index in [0.717, 1.165) is 30.9 Å². The van der Waals surface area contributed by atoms with Gasteiger partial charge in [0.2, 0.25) is 0 Å². The summed E-state index contributed by atoms with van der Waals surface area (Å²) in [6, 6.07) is 10.3. The van der Waals surface area contributed by atoms with Crippen molar-refractivity contribution >= 4 is 20.3 Å². The van der Waals surface area contributed by atoms with Crippen molar-refractivity contribution in [3.05, 3.63) is 35.9 Å². The van der Waals surface area contributed by atoms with Gasteiger partial charge in [0.15, 0.2) is 0 Å². The predicted molar refractivity (Wildman–Crippen MR) is 111 cm³/mol. The Morgan fingerprint density at radius 3 is 2.41 bits per heavy atom. The molecule has 0 spiro atoms. The molecule has 0 saturated heterocycles. The minimum atomic E-state index is -1.23. The number of amides is 2. The minimum absolute atomic E-state index is 0.173. The van der Waals surface area contributed by atoms with E-state index in [-0.39, 0.29) is 12.6 Å². The number of alkyl carbamates (subject to hydrolysis) is 2. The first-order valence-corrected chi connectivity index (χ1v) is 13.4. The van der Waals surface area contributed by atoms with E-state index in [4.69, 9.17) is 9.47 Å². The normalized spacial score (nSPS) is 12.1. The van der Waals surface area contributed by atoms with E-state index in [1.165, 1.54) is 0 Å². The molecule has 1 rings (SSSR count). The zero-order chi connectivity index (χ0) is 20.1. The molecule has 0 unspecified atom stereocenters. The Bertz CT molecular complexity index is 561. The molecule has 0 aliphatic carbocycles. The number of unbranched alkanes of at least 4 members (excludes halogenated alkanes) is 1. The molecule has 0 aliphatic heterocycles. The van der Waals surface area contributed by atoms with E-state index >= 15 is 0 Å². The molecule has 0 aliphatic rings. The van der Waals surface area contributed by atoms with Gasteiger partial charge < -0.3 is 20.1 Å². The van der Waals surface area contributed by atoms with Crippen LogP contribution in [-0.2, 0) is 16.1 Å². The predicted octanol–water partition coefficient (Wildman–Crippen LogP) is 4.54. The van der Waals surface area contributed by atoms with Crippen molar-refractivity contribution in [2.45, 2.75) is 64.5 Å². The molecule has 152 valence electrons. The van der Waals surface area contributed by atoms with Crippen molar-refractivity contribution in [1.82, 2.24) is 10.6 Å². The van der Waals surface area contributed by atoms with Crippen LogP contribution in [0.5, 0.6) is 0 Å². The van der Waals surface area contributed by atoms with Crippen LogP contribution in [-0.4, -0.2) is 39.5 Å². The molecule has 1 aromatic carbocycles. The topological polar surface area (TPSA) is 76.7 Å². The van der Waals surface area contributed by atoms with Crippen molar-refractivity contribution in [3.8, 4) is 0 Å². The highest BCUT2D eigenvalue weighted by Gasteiger charge is 2.17. The third-order valence-corrected chi connectivity index (χ3v) is 5.72. The Labute approximate surface area is 164 Å². The van der Waals surface area contributed by atoms with E-state index in [1.807, 2.05) is 30.3 Å². The van der Waals surface area contributed by atoms with Crippen LogP contribution < -0.4 is 10.6 Å². The largest absolute Gasteiger partial charge is 0.450 e. The number of carbonyl (C=O) groups excluding carboxylic acids is 2. The second kappa shape index (κ2) is 12.4. The van der Waals surface area contributed by atoms with Gasteiger partial charge in [-0.25, -0.2) is 9.59 Å². The van der Waals surface area contributed by atoms with Crippen LogP contribution >= 0.6 is 0 Å². The van der Waals surface area contributed by atoms with Crippen LogP contribution in [0.25, 0.3) is 0 Å². The monoisotopic (exact) mass is 394 g/mol. The number of ether oxygens (including phenoxy) is 2. The van der Waals surface area contributed by atoms with Crippen LogP contribution in [0.15, 0.2) is 30.3 Å². The standard InChI is InChI=1S/C20H34N2O4Si/c1-5-6-12-18(22-20(24)25-13-14-27(2,3)4)15-21-19(23)26-16-17-10-8-7-9-11-17/h7-11,18H,5-6,12-16H2,1-4H3,(H,21,23)(H,22,24)/t18-/m1/s1. The first-order valence-electron chi connectivity index (χ1n) is 9.68. The lowest BCUT2D eigenvalue weighted by molar-refractivity contribution is 0.134. The van der Waals surface area contributed by atoms with E-state index < -0.39 is 20.3 Å². The fraction of sp³-hybridized carbons (Fsp3) is 0.600. The Balaban J connectivity index is 2.35. The zero-order valence-corrected chi connectivity index (χ0v) is 18.0. The molecule has 6 nitrogen and oxygen atoms in total. The van der Waals surface area contributed by atoms with Gasteiger partial charge in [0.05, 0.1) is 6.61 Å². The minimum Gasteiger partial charge on any atom is -0.450 e. The summed E-state index contributed by atoms with van der Waals surface area (Å²) < 4.78 is 10.5. The molecular formula is C20H34N2O4Si. The third kappa shape index (κ3) is 12.1. The summed E-state index contributed by atoms with van der Waals surface area (Å²) in [5.41, 5.74) is 0.930. The molecule has 27 heavy (non-hydrogen) atoms. The summed E-state index contributed by atoms with van der Waals surface area (Å²) in [6.07, 6.45) is 1.84. The highest BCUT2D eigenvalue weighted by Crippen LogP contribution is 2.08. The molecule has 0 fully saturated rings. The molecular weight excluding hydrogens is 360 g/mol. The molecule has 0 aromatic heterocycles. The number of benzene rings is 1. The lowest BCUT2D eigenvalue weighted by atomic mass is 10.1. The molecule has 0 bridgehead atoms. The molecule has 0 heterocycles. The summed E-state index contributed by atoms with van der Waals surface area (Å²) in [6.45, 7) is 9.78. The molecule has 0 saturated carbocycles. The fourth-order valence-electron chi connectivity index (χ4n) is 2.31. The highest BCUT2D eigenvalue weighted by atomic mass is 28.3. The van der Waals surface area contributed by atoms with Gasteiger partial charge in [-0.2, -0.15) is 0 Å². The Morgan fingerprint density at radius 1 is 1.07 bits per heavy atom. The third-order valence-electron chi connectivity index (χ3n) is 4.02. The van der Waals surface area contributed by atoms with Crippen LogP contribution in [0.4, 0.5) is 9.59 Å². The van der Waals surface area contributed by atoms with Gasteiger partial charge in [-0.1, -0.05) is 69.7 Å². The number of carbonyl (C=O) groups is 2. The summed E-state index contributed by atoms with van der Waals surface area (Å²) in [5, 5.41) is 5.57. The average Bonchev–Trinajstić information content (AvgIpc) is 2.62. The summed E-state index contributed by atoms with van der Waals surface area (Å²) in [7, 11) is -1.23. The Hall–Kier alpha value is -2.02. The molecule has 2 N–H and O–H groups in total.